The van der Waals surface area contributed by atoms with Gasteiger partial charge < -0.3 is 16.0 Å². The van der Waals surface area contributed by atoms with Gasteiger partial charge in [-0.25, -0.2) is 18.4 Å². The minimum Gasteiger partial charge on any atom is -0.354 e. The first-order chi connectivity index (χ1) is 18.1. The summed E-state index contributed by atoms with van der Waals surface area (Å²) in [4.78, 5) is 29.2. The third-order valence-corrected chi connectivity index (χ3v) is 8.68. The zero-order valence-electron chi connectivity index (χ0n) is 21.2. The molecule has 2 fully saturated rings. The van der Waals surface area contributed by atoms with Crippen molar-refractivity contribution in [3.05, 3.63) is 77.6 Å². The predicted molar refractivity (Wildman–Crippen MR) is 145 cm³/mol. The summed E-state index contributed by atoms with van der Waals surface area (Å²) in [5, 5.41) is 3.70. The maximum atomic E-state index is 12.7. The Kier molecular flexibility index (Phi) is 5.69. The first kappa shape index (κ1) is 24.4. The number of rotatable bonds is 6. The quantitative estimate of drug-likeness (QED) is 0.391. The second-order valence-electron chi connectivity index (χ2n) is 10.4. The van der Waals surface area contributed by atoms with Gasteiger partial charge in [-0.2, -0.15) is 0 Å². The number of nitrogens with zero attached hydrogens (tertiary/aromatic N) is 4. The second kappa shape index (κ2) is 8.85. The zero-order chi connectivity index (χ0) is 26.7. The van der Waals surface area contributed by atoms with Crippen LogP contribution in [0.2, 0.25) is 0 Å². The van der Waals surface area contributed by atoms with E-state index in [1.54, 1.807) is 25.3 Å². The Morgan fingerprint density at radius 2 is 1.95 bits per heavy atom. The zero-order valence-corrected chi connectivity index (χ0v) is 22.0. The Bertz CT molecular complexity index is 1710. The van der Waals surface area contributed by atoms with Gasteiger partial charge in [-0.3, -0.25) is 9.78 Å². The molecule has 1 saturated carbocycles. The van der Waals surface area contributed by atoms with E-state index in [1.165, 1.54) is 6.07 Å². The average molecular weight is 529 g/mol. The van der Waals surface area contributed by atoms with Crippen molar-refractivity contribution < 1.29 is 13.2 Å². The van der Waals surface area contributed by atoms with Crippen LogP contribution in [-0.4, -0.2) is 54.2 Å². The van der Waals surface area contributed by atoms with Gasteiger partial charge in [0.05, 0.1) is 34.0 Å². The first-order valence-electron chi connectivity index (χ1n) is 12.4. The molecule has 0 spiro atoms. The smallest absolute Gasteiger partial charge is 0.251 e. The standard InChI is InChI=1S/C28H28N6O3S/c1-17-6-7-18(10-25(17)38(2,36)37)27(35)31-14-21-11-24-19(13-30-21)8-9-23(32-24)22-4-3-5-26(33-22)34-15-20-12-28(20,29)16-34/h3-11,13,20H,12,14-16,29H2,1-2H3,(H,31,35)/t20?,28-/m0/s1. The lowest BCUT2D eigenvalue weighted by molar-refractivity contribution is 0.0950. The average Bonchev–Trinajstić information content (AvgIpc) is 3.41. The highest BCUT2D eigenvalue weighted by molar-refractivity contribution is 7.90. The molecule has 9 nitrogen and oxygen atoms in total. The third kappa shape index (κ3) is 4.61. The van der Waals surface area contributed by atoms with Crippen molar-refractivity contribution in [3.8, 4) is 11.4 Å². The maximum Gasteiger partial charge on any atom is 0.251 e. The molecule has 38 heavy (non-hydrogen) atoms. The Hall–Kier alpha value is -3.89. The summed E-state index contributed by atoms with van der Waals surface area (Å²) in [5.74, 6) is 1.10. The lowest BCUT2D eigenvalue weighted by atomic mass is 10.1. The van der Waals surface area contributed by atoms with Crippen molar-refractivity contribution in [2.45, 2.75) is 30.3 Å². The van der Waals surface area contributed by atoms with E-state index in [1.807, 2.05) is 36.4 Å². The van der Waals surface area contributed by atoms with E-state index in [2.05, 4.69) is 15.2 Å². The molecule has 4 aromatic rings. The predicted octanol–water partition coefficient (Wildman–Crippen LogP) is 2.87. The Balaban J connectivity index is 1.20. The number of carbonyl (C=O) groups excluding carboxylic acids is 1. The van der Waals surface area contributed by atoms with E-state index >= 15 is 0 Å². The maximum absolute atomic E-state index is 12.7. The Morgan fingerprint density at radius 1 is 1.13 bits per heavy atom. The van der Waals surface area contributed by atoms with Crippen LogP contribution < -0.4 is 16.0 Å². The van der Waals surface area contributed by atoms with Gasteiger partial charge in [-0.05, 0) is 67.3 Å². The molecule has 194 valence electrons. The SMILES string of the molecule is Cc1ccc(C(=O)NCc2cc3nc(-c4cccc(N5CC6C[C@]6(N)C5)n4)ccc3cn2)cc1S(C)(=O)=O. The molecule has 3 aromatic heterocycles. The number of carbonyl (C=O) groups is 1. The largest absolute Gasteiger partial charge is 0.354 e. The van der Waals surface area contributed by atoms with E-state index in [0.29, 0.717) is 17.2 Å². The van der Waals surface area contributed by atoms with E-state index in [0.717, 1.165) is 53.9 Å². The number of aromatic nitrogens is 3. The molecular weight excluding hydrogens is 500 g/mol. The van der Waals surface area contributed by atoms with E-state index in [4.69, 9.17) is 15.7 Å². The second-order valence-corrected chi connectivity index (χ2v) is 12.4. The molecule has 2 aliphatic rings. The number of anilines is 1. The van der Waals surface area contributed by atoms with Crippen molar-refractivity contribution in [1.29, 1.82) is 0 Å². The van der Waals surface area contributed by atoms with Crippen LogP contribution in [0.1, 0.15) is 28.0 Å². The van der Waals surface area contributed by atoms with Gasteiger partial charge in [-0.15, -0.1) is 0 Å². The molecule has 10 heteroatoms. The van der Waals surface area contributed by atoms with Crippen molar-refractivity contribution >= 4 is 32.5 Å². The number of hydrogen-bond donors (Lipinski definition) is 2. The number of nitrogens with two attached hydrogens (primary N) is 1. The van der Waals surface area contributed by atoms with Crippen molar-refractivity contribution in [3.63, 3.8) is 0 Å². The number of sulfone groups is 1. The molecule has 0 radical (unpaired) electrons. The highest BCUT2D eigenvalue weighted by Gasteiger charge is 2.57. The highest BCUT2D eigenvalue weighted by Crippen LogP contribution is 2.48. The number of hydrogen-bond acceptors (Lipinski definition) is 8. The summed E-state index contributed by atoms with van der Waals surface area (Å²) in [6.07, 6.45) is 3.95. The van der Waals surface area contributed by atoms with Crippen LogP contribution in [0.3, 0.4) is 0 Å². The van der Waals surface area contributed by atoms with Gasteiger partial charge >= 0.3 is 0 Å². The van der Waals surface area contributed by atoms with Gasteiger partial charge in [0.1, 0.15) is 5.82 Å². The summed E-state index contributed by atoms with van der Waals surface area (Å²) in [7, 11) is -3.43. The molecule has 3 N–H and O–H groups in total. The number of nitrogens with one attached hydrogen (secondary N) is 1. The summed E-state index contributed by atoms with van der Waals surface area (Å²) in [6.45, 7) is 3.65. The molecule has 0 bridgehead atoms. The van der Waals surface area contributed by atoms with Crippen LogP contribution in [0.25, 0.3) is 22.3 Å². The fourth-order valence-electron chi connectivity index (χ4n) is 5.15. The minimum atomic E-state index is -3.43. The summed E-state index contributed by atoms with van der Waals surface area (Å²) in [6, 6.07) is 16.3. The molecule has 1 aromatic carbocycles. The normalized spacial score (nSPS) is 20.4. The van der Waals surface area contributed by atoms with Crippen LogP contribution in [0, 0.1) is 12.8 Å². The summed E-state index contributed by atoms with van der Waals surface area (Å²) >= 11 is 0. The minimum absolute atomic E-state index is 0.0485. The molecule has 4 heterocycles. The van der Waals surface area contributed by atoms with Crippen LogP contribution in [-0.2, 0) is 16.4 Å². The third-order valence-electron chi connectivity index (χ3n) is 7.44. The molecule has 1 aliphatic carbocycles. The Morgan fingerprint density at radius 3 is 2.71 bits per heavy atom. The number of benzene rings is 1. The van der Waals surface area contributed by atoms with Gasteiger partial charge in [0.15, 0.2) is 9.84 Å². The topological polar surface area (TPSA) is 131 Å². The number of piperidine rings is 1. The van der Waals surface area contributed by atoms with Crippen molar-refractivity contribution in [2.75, 3.05) is 24.2 Å². The van der Waals surface area contributed by atoms with Gasteiger partial charge in [-0.1, -0.05) is 12.1 Å². The van der Waals surface area contributed by atoms with Gasteiger partial charge in [0.25, 0.3) is 5.91 Å². The highest BCUT2D eigenvalue weighted by atomic mass is 32.2. The molecule has 1 unspecified atom stereocenters. The molecule has 1 saturated heterocycles. The molecule has 2 atom stereocenters. The van der Waals surface area contributed by atoms with Crippen molar-refractivity contribution in [1.82, 2.24) is 20.3 Å². The summed E-state index contributed by atoms with van der Waals surface area (Å²) in [5.41, 5.74) is 10.1. The number of pyridine rings is 3. The molecule has 1 aliphatic heterocycles. The van der Waals surface area contributed by atoms with Gasteiger partial charge in [0, 0.05) is 42.0 Å². The van der Waals surface area contributed by atoms with Crippen LogP contribution in [0.5, 0.6) is 0 Å². The number of amides is 1. The lowest BCUT2D eigenvalue weighted by Gasteiger charge is -2.20. The molecule has 1 amide bonds. The molecular formula is C28H28N6O3S. The van der Waals surface area contributed by atoms with E-state index < -0.39 is 9.84 Å². The number of fused-ring (bicyclic) bond motifs is 2. The Labute approximate surface area is 221 Å². The fourth-order valence-corrected chi connectivity index (χ4v) is 6.15. The van der Waals surface area contributed by atoms with Gasteiger partial charge in [0.2, 0.25) is 0 Å². The molecule has 6 rings (SSSR count). The number of aryl methyl sites for hydroxylation is 1. The van der Waals surface area contributed by atoms with Crippen LogP contribution >= 0.6 is 0 Å². The summed E-state index contributed by atoms with van der Waals surface area (Å²) < 4.78 is 24.0. The monoisotopic (exact) mass is 528 g/mol. The van der Waals surface area contributed by atoms with E-state index in [-0.39, 0.29) is 28.4 Å². The fraction of sp³-hybridized carbons (Fsp3) is 0.286. The van der Waals surface area contributed by atoms with Crippen molar-refractivity contribution in [2.24, 2.45) is 11.7 Å². The first-order valence-corrected chi connectivity index (χ1v) is 14.3. The van der Waals surface area contributed by atoms with E-state index in [9.17, 15) is 13.2 Å². The van der Waals surface area contributed by atoms with Crippen LogP contribution in [0.4, 0.5) is 5.82 Å². The van der Waals surface area contributed by atoms with Crippen LogP contribution in [0.15, 0.2) is 65.7 Å². The lowest BCUT2D eigenvalue weighted by Crippen LogP contribution is -2.33.